The van der Waals surface area contributed by atoms with E-state index in [0.29, 0.717) is 6.04 Å². The SMILES string of the molecule is CCNCCNCC(CS)NCCNCC. The third-order valence-corrected chi connectivity index (χ3v) is 2.77. The summed E-state index contributed by atoms with van der Waals surface area (Å²) in [7, 11) is 0. The summed E-state index contributed by atoms with van der Waals surface area (Å²) in [5.74, 6) is 0.875. The van der Waals surface area contributed by atoms with Gasteiger partial charge in [0.15, 0.2) is 0 Å². The molecule has 0 radical (unpaired) electrons. The van der Waals surface area contributed by atoms with Gasteiger partial charge in [-0.25, -0.2) is 0 Å². The van der Waals surface area contributed by atoms with E-state index in [-0.39, 0.29) is 0 Å². The first-order valence-electron chi connectivity index (χ1n) is 6.31. The highest BCUT2D eigenvalue weighted by molar-refractivity contribution is 7.80. The summed E-state index contributed by atoms with van der Waals surface area (Å²) in [5.41, 5.74) is 0. The van der Waals surface area contributed by atoms with Crippen LogP contribution < -0.4 is 21.3 Å². The number of likely N-dealkylation sites (N-methyl/N-ethyl adjacent to an activating group) is 2. The van der Waals surface area contributed by atoms with Gasteiger partial charge in [-0.2, -0.15) is 12.6 Å². The van der Waals surface area contributed by atoms with Gasteiger partial charge in [-0.3, -0.25) is 0 Å². The Bertz CT molecular complexity index is 135. The number of thiol groups is 1. The van der Waals surface area contributed by atoms with E-state index in [1.54, 1.807) is 0 Å². The number of nitrogens with one attached hydrogen (secondary N) is 4. The van der Waals surface area contributed by atoms with Crippen molar-refractivity contribution in [1.29, 1.82) is 0 Å². The van der Waals surface area contributed by atoms with E-state index < -0.39 is 0 Å². The van der Waals surface area contributed by atoms with Crippen LogP contribution in [0.15, 0.2) is 0 Å². The number of rotatable bonds is 12. The normalized spacial score (nSPS) is 12.9. The van der Waals surface area contributed by atoms with Gasteiger partial charge in [-0.15, -0.1) is 0 Å². The average molecular weight is 248 g/mol. The molecule has 0 heterocycles. The van der Waals surface area contributed by atoms with Crippen molar-refractivity contribution in [3.05, 3.63) is 0 Å². The van der Waals surface area contributed by atoms with Crippen molar-refractivity contribution in [3.63, 3.8) is 0 Å². The van der Waals surface area contributed by atoms with Gasteiger partial charge in [-0.1, -0.05) is 13.8 Å². The first-order chi connectivity index (χ1) is 7.85. The molecule has 0 saturated carbocycles. The molecule has 1 unspecified atom stereocenters. The first-order valence-corrected chi connectivity index (χ1v) is 6.94. The third kappa shape index (κ3) is 10.7. The molecule has 4 N–H and O–H groups in total. The molecule has 0 aromatic heterocycles. The van der Waals surface area contributed by atoms with E-state index in [9.17, 15) is 0 Å². The fourth-order valence-corrected chi connectivity index (χ4v) is 1.63. The van der Waals surface area contributed by atoms with E-state index in [0.717, 1.165) is 51.6 Å². The summed E-state index contributed by atoms with van der Waals surface area (Å²) in [6, 6.07) is 0.462. The average Bonchev–Trinajstić information content (AvgIpc) is 2.31. The van der Waals surface area contributed by atoms with Crippen LogP contribution in [0.5, 0.6) is 0 Å². The van der Waals surface area contributed by atoms with Crippen LogP contribution in [0, 0.1) is 0 Å². The van der Waals surface area contributed by atoms with Crippen LogP contribution in [-0.2, 0) is 0 Å². The molecule has 0 amide bonds. The maximum atomic E-state index is 4.35. The zero-order chi connectivity index (χ0) is 12.1. The lowest BCUT2D eigenvalue weighted by atomic mass is 10.3. The fourth-order valence-electron chi connectivity index (χ4n) is 1.37. The summed E-state index contributed by atoms with van der Waals surface area (Å²) in [5, 5.41) is 13.5. The molecule has 0 aliphatic carbocycles. The second-order valence-electron chi connectivity index (χ2n) is 3.74. The minimum atomic E-state index is 0.462. The summed E-state index contributed by atoms with van der Waals surface area (Å²) in [6.07, 6.45) is 0. The van der Waals surface area contributed by atoms with Crippen molar-refractivity contribution in [2.75, 3.05) is 51.6 Å². The molecule has 98 valence electrons. The summed E-state index contributed by atoms with van der Waals surface area (Å²) < 4.78 is 0. The van der Waals surface area contributed by atoms with Crippen LogP contribution in [0.4, 0.5) is 0 Å². The second-order valence-corrected chi connectivity index (χ2v) is 4.11. The van der Waals surface area contributed by atoms with Gasteiger partial charge in [0.1, 0.15) is 0 Å². The Balaban J connectivity index is 3.29. The Hall–Kier alpha value is 0.190. The largest absolute Gasteiger partial charge is 0.316 e. The van der Waals surface area contributed by atoms with E-state index in [2.05, 4.69) is 47.7 Å². The highest BCUT2D eigenvalue weighted by Gasteiger charge is 2.03. The molecule has 1 atom stereocenters. The minimum absolute atomic E-state index is 0.462. The fraction of sp³-hybridized carbons (Fsp3) is 1.00. The first kappa shape index (κ1) is 16.2. The lowest BCUT2D eigenvalue weighted by molar-refractivity contribution is 0.496. The van der Waals surface area contributed by atoms with Crippen molar-refractivity contribution in [1.82, 2.24) is 21.3 Å². The van der Waals surface area contributed by atoms with Crippen molar-refractivity contribution in [2.24, 2.45) is 0 Å². The molecule has 0 saturated heterocycles. The van der Waals surface area contributed by atoms with E-state index in [1.165, 1.54) is 0 Å². The molecule has 0 rings (SSSR count). The standard InChI is InChI=1S/C11H28N4S/c1-3-12-5-6-14-9-11(10-16)15-8-7-13-4-2/h11-16H,3-10H2,1-2H3. The third-order valence-electron chi connectivity index (χ3n) is 2.32. The maximum Gasteiger partial charge on any atom is 0.0281 e. The molecule has 0 aromatic rings. The lowest BCUT2D eigenvalue weighted by Crippen LogP contribution is -2.44. The summed E-state index contributed by atoms with van der Waals surface area (Å²) >= 11 is 4.35. The molecule has 0 aromatic carbocycles. The van der Waals surface area contributed by atoms with Crippen molar-refractivity contribution >= 4 is 12.6 Å². The molecule has 0 aliphatic rings. The molecule has 0 aliphatic heterocycles. The molecule has 0 spiro atoms. The summed E-state index contributed by atoms with van der Waals surface area (Å²) in [6.45, 7) is 11.4. The van der Waals surface area contributed by atoms with E-state index in [4.69, 9.17) is 0 Å². The molecule has 16 heavy (non-hydrogen) atoms. The molecule has 0 fully saturated rings. The number of hydrogen-bond donors (Lipinski definition) is 5. The predicted molar refractivity (Wildman–Crippen MR) is 75.6 cm³/mol. The Labute approximate surface area is 106 Å². The predicted octanol–water partition coefficient (Wildman–Crippen LogP) is -0.317. The monoisotopic (exact) mass is 248 g/mol. The second kappa shape index (κ2) is 13.3. The van der Waals surface area contributed by atoms with Gasteiger partial charge in [0.25, 0.3) is 0 Å². The highest BCUT2D eigenvalue weighted by atomic mass is 32.1. The van der Waals surface area contributed by atoms with Crippen LogP contribution in [-0.4, -0.2) is 57.6 Å². The van der Waals surface area contributed by atoms with Gasteiger partial charge in [0, 0.05) is 44.5 Å². The molecule has 5 heteroatoms. The van der Waals surface area contributed by atoms with Crippen LogP contribution in [0.2, 0.25) is 0 Å². The van der Waals surface area contributed by atoms with Gasteiger partial charge in [-0.05, 0) is 13.1 Å². The molecular weight excluding hydrogens is 220 g/mol. The quantitative estimate of drug-likeness (QED) is 0.243. The Morgan fingerprint density at radius 3 is 2.00 bits per heavy atom. The number of hydrogen-bond acceptors (Lipinski definition) is 5. The van der Waals surface area contributed by atoms with Crippen LogP contribution in [0.3, 0.4) is 0 Å². The lowest BCUT2D eigenvalue weighted by Gasteiger charge is -2.17. The zero-order valence-electron chi connectivity index (χ0n) is 10.7. The smallest absolute Gasteiger partial charge is 0.0281 e. The Kier molecular flexibility index (Phi) is 13.4. The van der Waals surface area contributed by atoms with Crippen molar-refractivity contribution < 1.29 is 0 Å². The van der Waals surface area contributed by atoms with Crippen LogP contribution >= 0.6 is 12.6 Å². The van der Waals surface area contributed by atoms with Crippen molar-refractivity contribution in [2.45, 2.75) is 19.9 Å². The zero-order valence-corrected chi connectivity index (χ0v) is 11.6. The van der Waals surface area contributed by atoms with Crippen molar-refractivity contribution in [3.8, 4) is 0 Å². The molecule has 0 bridgehead atoms. The van der Waals surface area contributed by atoms with E-state index >= 15 is 0 Å². The van der Waals surface area contributed by atoms with Gasteiger partial charge >= 0.3 is 0 Å². The van der Waals surface area contributed by atoms with Gasteiger partial charge < -0.3 is 21.3 Å². The van der Waals surface area contributed by atoms with Crippen LogP contribution in [0.1, 0.15) is 13.8 Å². The topological polar surface area (TPSA) is 48.1 Å². The summed E-state index contributed by atoms with van der Waals surface area (Å²) in [4.78, 5) is 0. The maximum absolute atomic E-state index is 4.35. The van der Waals surface area contributed by atoms with Gasteiger partial charge in [0.05, 0.1) is 0 Å². The van der Waals surface area contributed by atoms with Gasteiger partial charge in [0.2, 0.25) is 0 Å². The van der Waals surface area contributed by atoms with Crippen LogP contribution in [0.25, 0.3) is 0 Å². The molecule has 4 nitrogen and oxygen atoms in total. The Morgan fingerprint density at radius 1 is 0.875 bits per heavy atom. The molecular formula is C11H28N4S. The minimum Gasteiger partial charge on any atom is -0.316 e. The highest BCUT2D eigenvalue weighted by Crippen LogP contribution is 1.85. The Morgan fingerprint density at radius 2 is 1.44 bits per heavy atom. The van der Waals surface area contributed by atoms with E-state index in [1.807, 2.05) is 0 Å².